The number of carbonyl (C=O) groups excluding carboxylic acids is 1. The molecule has 3 aromatic rings. The van der Waals surface area contributed by atoms with E-state index in [4.69, 9.17) is 5.73 Å². The number of nitrogens with two attached hydrogens (primary N) is 1. The molecule has 0 saturated carbocycles. The van der Waals surface area contributed by atoms with E-state index in [1.54, 1.807) is 10.9 Å². The standard InChI is InChI=1S/C18H20N6O/c1-12-17(18(25)23-9-3-5-15(23)11-19)21-22-24(12)14-6-7-16-13(10-14)4-2-8-20-16/h2,4,6-8,10,15H,3,5,9,11,19H2,1H3. The smallest absolute Gasteiger partial charge is 0.276 e. The summed E-state index contributed by atoms with van der Waals surface area (Å²) in [4.78, 5) is 19.0. The molecule has 3 heterocycles. The quantitative estimate of drug-likeness (QED) is 0.786. The number of nitrogens with zero attached hydrogens (tertiary/aromatic N) is 5. The highest BCUT2D eigenvalue weighted by Gasteiger charge is 2.31. The van der Waals surface area contributed by atoms with E-state index in [1.807, 2.05) is 42.2 Å². The van der Waals surface area contributed by atoms with Gasteiger partial charge in [0.15, 0.2) is 5.69 Å². The summed E-state index contributed by atoms with van der Waals surface area (Å²) in [6, 6.07) is 9.87. The van der Waals surface area contributed by atoms with Crippen LogP contribution in [0.25, 0.3) is 16.6 Å². The molecule has 1 saturated heterocycles. The Bertz CT molecular complexity index is 934. The van der Waals surface area contributed by atoms with Crippen molar-refractivity contribution in [2.75, 3.05) is 13.1 Å². The van der Waals surface area contributed by atoms with Crippen LogP contribution < -0.4 is 5.73 Å². The monoisotopic (exact) mass is 336 g/mol. The topological polar surface area (TPSA) is 89.9 Å². The highest BCUT2D eigenvalue weighted by Crippen LogP contribution is 2.22. The van der Waals surface area contributed by atoms with E-state index in [0.29, 0.717) is 12.2 Å². The van der Waals surface area contributed by atoms with Crippen molar-refractivity contribution in [1.29, 1.82) is 0 Å². The molecule has 7 nitrogen and oxygen atoms in total. The molecule has 2 N–H and O–H groups in total. The number of amides is 1. The molecule has 1 unspecified atom stereocenters. The molecule has 2 aromatic heterocycles. The van der Waals surface area contributed by atoms with Crippen LogP contribution >= 0.6 is 0 Å². The van der Waals surface area contributed by atoms with Gasteiger partial charge >= 0.3 is 0 Å². The summed E-state index contributed by atoms with van der Waals surface area (Å²) in [5.74, 6) is -0.0841. The van der Waals surface area contributed by atoms with Crippen LogP contribution in [0.3, 0.4) is 0 Å². The van der Waals surface area contributed by atoms with Crippen molar-refractivity contribution >= 4 is 16.8 Å². The van der Waals surface area contributed by atoms with Crippen LogP contribution in [0.1, 0.15) is 29.0 Å². The van der Waals surface area contributed by atoms with E-state index in [2.05, 4.69) is 15.3 Å². The fourth-order valence-corrected chi connectivity index (χ4v) is 3.45. The first-order valence-corrected chi connectivity index (χ1v) is 8.47. The van der Waals surface area contributed by atoms with Gasteiger partial charge in [0.05, 0.1) is 16.9 Å². The van der Waals surface area contributed by atoms with Crippen molar-refractivity contribution in [2.45, 2.75) is 25.8 Å². The Hall–Kier alpha value is -2.80. The molecule has 4 rings (SSSR count). The molecule has 7 heteroatoms. The van der Waals surface area contributed by atoms with Gasteiger partial charge in [-0.25, -0.2) is 4.68 Å². The number of likely N-dealkylation sites (tertiary alicyclic amines) is 1. The molecule has 0 radical (unpaired) electrons. The SMILES string of the molecule is Cc1c(C(=O)N2CCCC2CN)nnn1-c1ccc2ncccc2c1. The van der Waals surface area contributed by atoms with Crippen LogP contribution in [0.5, 0.6) is 0 Å². The van der Waals surface area contributed by atoms with Crippen LogP contribution in [0, 0.1) is 6.92 Å². The van der Waals surface area contributed by atoms with Crippen molar-refractivity contribution in [3.05, 3.63) is 47.9 Å². The molecule has 1 fully saturated rings. The number of carbonyl (C=O) groups is 1. The van der Waals surface area contributed by atoms with Crippen LogP contribution in [0.2, 0.25) is 0 Å². The maximum absolute atomic E-state index is 12.8. The lowest BCUT2D eigenvalue weighted by atomic mass is 10.2. The van der Waals surface area contributed by atoms with Crippen molar-refractivity contribution in [3.8, 4) is 5.69 Å². The van der Waals surface area contributed by atoms with E-state index >= 15 is 0 Å². The number of rotatable bonds is 3. The second kappa shape index (κ2) is 6.25. The lowest BCUT2D eigenvalue weighted by Crippen LogP contribution is -2.40. The normalized spacial score (nSPS) is 17.4. The van der Waals surface area contributed by atoms with Gasteiger partial charge in [0, 0.05) is 30.7 Å². The van der Waals surface area contributed by atoms with Crippen LogP contribution in [0.4, 0.5) is 0 Å². The summed E-state index contributed by atoms with van der Waals surface area (Å²) in [5, 5.41) is 9.37. The average molecular weight is 336 g/mol. The van der Waals surface area contributed by atoms with E-state index in [1.165, 1.54) is 0 Å². The van der Waals surface area contributed by atoms with Gasteiger partial charge in [0.2, 0.25) is 0 Å². The Morgan fingerprint density at radius 2 is 2.24 bits per heavy atom. The summed E-state index contributed by atoms with van der Waals surface area (Å²) in [5.41, 5.74) is 8.70. The fourth-order valence-electron chi connectivity index (χ4n) is 3.45. The van der Waals surface area contributed by atoms with Gasteiger partial charge in [-0.15, -0.1) is 5.10 Å². The van der Waals surface area contributed by atoms with E-state index < -0.39 is 0 Å². The van der Waals surface area contributed by atoms with Crippen LogP contribution in [-0.2, 0) is 0 Å². The van der Waals surface area contributed by atoms with Crippen LogP contribution in [0.15, 0.2) is 36.5 Å². The zero-order chi connectivity index (χ0) is 17.4. The van der Waals surface area contributed by atoms with Crippen molar-refractivity contribution in [3.63, 3.8) is 0 Å². The number of pyridine rings is 1. The van der Waals surface area contributed by atoms with Crippen molar-refractivity contribution in [1.82, 2.24) is 24.9 Å². The second-order valence-corrected chi connectivity index (χ2v) is 6.35. The third-order valence-corrected chi connectivity index (χ3v) is 4.84. The van der Waals surface area contributed by atoms with Crippen LogP contribution in [-0.4, -0.2) is 49.9 Å². The van der Waals surface area contributed by atoms with Gasteiger partial charge in [-0.3, -0.25) is 9.78 Å². The minimum Gasteiger partial charge on any atom is -0.333 e. The fraction of sp³-hybridized carbons (Fsp3) is 0.333. The molecule has 1 aliphatic rings. The summed E-state index contributed by atoms with van der Waals surface area (Å²) < 4.78 is 1.70. The molecule has 1 amide bonds. The number of aromatic nitrogens is 4. The molecule has 1 aliphatic heterocycles. The van der Waals surface area contributed by atoms with E-state index in [0.717, 1.165) is 41.7 Å². The van der Waals surface area contributed by atoms with E-state index in [-0.39, 0.29) is 11.9 Å². The highest BCUT2D eigenvalue weighted by molar-refractivity contribution is 5.93. The van der Waals surface area contributed by atoms with Crippen molar-refractivity contribution in [2.24, 2.45) is 5.73 Å². The Balaban J connectivity index is 1.69. The number of hydrogen-bond acceptors (Lipinski definition) is 5. The van der Waals surface area contributed by atoms with Gasteiger partial charge in [0.1, 0.15) is 0 Å². The number of fused-ring (bicyclic) bond motifs is 1. The lowest BCUT2D eigenvalue weighted by Gasteiger charge is -2.22. The Morgan fingerprint density at radius 1 is 1.36 bits per heavy atom. The minimum atomic E-state index is -0.0841. The van der Waals surface area contributed by atoms with Gasteiger partial charge < -0.3 is 10.6 Å². The Morgan fingerprint density at radius 3 is 3.08 bits per heavy atom. The second-order valence-electron chi connectivity index (χ2n) is 6.35. The number of hydrogen-bond donors (Lipinski definition) is 1. The predicted molar refractivity (Wildman–Crippen MR) is 94.5 cm³/mol. The summed E-state index contributed by atoms with van der Waals surface area (Å²) in [6.07, 6.45) is 3.70. The molecule has 1 atom stereocenters. The van der Waals surface area contributed by atoms with Gasteiger partial charge in [-0.2, -0.15) is 0 Å². The molecular formula is C18H20N6O. The molecule has 25 heavy (non-hydrogen) atoms. The minimum absolute atomic E-state index is 0.0841. The number of benzene rings is 1. The first-order valence-electron chi connectivity index (χ1n) is 8.47. The summed E-state index contributed by atoms with van der Waals surface area (Å²) in [7, 11) is 0. The van der Waals surface area contributed by atoms with Gasteiger partial charge in [0.25, 0.3) is 5.91 Å². The Labute approximate surface area is 145 Å². The average Bonchev–Trinajstić information content (AvgIpc) is 3.27. The van der Waals surface area contributed by atoms with Crippen molar-refractivity contribution < 1.29 is 4.79 Å². The molecule has 0 bridgehead atoms. The molecule has 1 aromatic carbocycles. The summed E-state index contributed by atoms with van der Waals surface area (Å²) in [6.45, 7) is 3.08. The largest absolute Gasteiger partial charge is 0.333 e. The zero-order valence-electron chi connectivity index (χ0n) is 14.1. The molecule has 0 aliphatic carbocycles. The maximum Gasteiger partial charge on any atom is 0.276 e. The Kier molecular flexibility index (Phi) is 3.93. The first-order chi connectivity index (χ1) is 12.2. The van der Waals surface area contributed by atoms with Gasteiger partial charge in [-0.1, -0.05) is 11.3 Å². The lowest BCUT2D eigenvalue weighted by molar-refractivity contribution is 0.0734. The highest BCUT2D eigenvalue weighted by atomic mass is 16.2. The molecular weight excluding hydrogens is 316 g/mol. The van der Waals surface area contributed by atoms with Gasteiger partial charge in [-0.05, 0) is 44.0 Å². The first kappa shape index (κ1) is 15.7. The third kappa shape index (κ3) is 2.66. The zero-order valence-corrected chi connectivity index (χ0v) is 14.1. The molecule has 0 spiro atoms. The maximum atomic E-state index is 12.8. The van der Waals surface area contributed by atoms with E-state index in [9.17, 15) is 4.79 Å². The third-order valence-electron chi connectivity index (χ3n) is 4.84. The molecule has 128 valence electrons. The summed E-state index contributed by atoms with van der Waals surface area (Å²) >= 11 is 0. The predicted octanol–water partition coefficient (Wildman–Crippen LogP) is 1.69.